The molecule has 0 saturated carbocycles. The number of halogens is 1. The van der Waals surface area contributed by atoms with Crippen LogP contribution in [0.3, 0.4) is 0 Å². The van der Waals surface area contributed by atoms with E-state index in [-0.39, 0.29) is 6.61 Å². The quantitative estimate of drug-likeness (QED) is 0.679. The van der Waals surface area contributed by atoms with E-state index in [0.717, 1.165) is 0 Å². The highest BCUT2D eigenvalue weighted by Crippen LogP contribution is 2.23. The van der Waals surface area contributed by atoms with Gasteiger partial charge < -0.3 is 15.2 Å². The molecule has 0 fully saturated rings. The number of ether oxygens (including phenoxy) is 2. The maximum absolute atomic E-state index is 11.8. The molecule has 2 N–H and O–H groups in total. The van der Waals surface area contributed by atoms with Crippen LogP contribution in [0.5, 0.6) is 0 Å². The smallest absolute Gasteiger partial charge is 0.344 e. The Labute approximate surface area is 113 Å². The van der Waals surface area contributed by atoms with E-state index >= 15 is 0 Å². The molecule has 5 nitrogen and oxygen atoms in total. The lowest BCUT2D eigenvalue weighted by Crippen LogP contribution is -2.17. The molecule has 0 bridgehead atoms. The van der Waals surface area contributed by atoms with Crippen molar-refractivity contribution in [3.63, 3.8) is 0 Å². The van der Waals surface area contributed by atoms with Crippen LogP contribution in [0.25, 0.3) is 0 Å². The van der Waals surface area contributed by atoms with Gasteiger partial charge in [0.05, 0.1) is 12.2 Å². The van der Waals surface area contributed by atoms with Crippen LogP contribution in [0.15, 0.2) is 16.6 Å². The average Bonchev–Trinajstić information content (AvgIpc) is 2.31. The van der Waals surface area contributed by atoms with Crippen LogP contribution < -0.4 is 5.73 Å². The van der Waals surface area contributed by atoms with Crippen LogP contribution in [-0.4, -0.2) is 25.2 Å². The van der Waals surface area contributed by atoms with Gasteiger partial charge in [0, 0.05) is 10.2 Å². The van der Waals surface area contributed by atoms with Crippen molar-refractivity contribution >= 4 is 33.6 Å². The molecule has 0 spiro atoms. The van der Waals surface area contributed by atoms with Gasteiger partial charge in [-0.2, -0.15) is 0 Å². The second kappa shape index (κ2) is 6.39. The maximum atomic E-state index is 11.8. The molecule has 0 heterocycles. The van der Waals surface area contributed by atoms with Crippen LogP contribution in [0.1, 0.15) is 22.8 Å². The Morgan fingerprint density at radius 1 is 1.33 bits per heavy atom. The summed E-state index contributed by atoms with van der Waals surface area (Å²) in [7, 11) is 0. The number of benzene rings is 1. The minimum absolute atomic E-state index is 0.249. The van der Waals surface area contributed by atoms with Gasteiger partial charge in [0.15, 0.2) is 6.61 Å². The number of anilines is 1. The third kappa shape index (κ3) is 3.73. The lowest BCUT2D eigenvalue weighted by atomic mass is 10.1. The molecule has 0 aliphatic heterocycles. The molecule has 0 radical (unpaired) electrons. The van der Waals surface area contributed by atoms with Crippen molar-refractivity contribution in [3.8, 4) is 0 Å². The first-order valence-corrected chi connectivity index (χ1v) is 6.13. The number of hydrogen-bond donors (Lipinski definition) is 1. The molecule has 1 aromatic carbocycles. The van der Waals surface area contributed by atoms with Gasteiger partial charge in [-0.15, -0.1) is 0 Å². The van der Waals surface area contributed by atoms with Crippen LogP contribution in [0, 0.1) is 6.92 Å². The van der Waals surface area contributed by atoms with Crippen LogP contribution in [-0.2, 0) is 14.3 Å². The van der Waals surface area contributed by atoms with E-state index in [4.69, 9.17) is 10.5 Å². The summed E-state index contributed by atoms with van der Waals surface area (Å²) in [6.07, 6.45) is 0. The standard InChI is InChI=1S/C12H14BrNO4/c1-3-17-11(15)6-18-12(16)9-4-8(13)5-10(14)7(9)2/h4-5H,3,6,14H2,1-2H3. The molecule has 0 unspecified atom stereocenters. The molecule has 0 aliphatic rings. The number of hydrogen-bond acceptors (Lipinski definition) is 5. The van der Waals surface area contributed by atoms with E-state index in [1.807, 2.05) is 0 Å². The second-order valence-corrected chi connectivity index (χ2v) is 4.46. The zero-order valence-corrected chi connectivity index (χ0v) is 11.7. The van der Waals surface area contributed by atoms with E-state index in [0.29, 0.717) is 21.3 Å². The Morgan fingerprint density at radius 3 is 2.61 bits per heavy atom. The van der Waals surface area contributed by atoms with Gasteiger partial charge in [0.25, 0.3) is 0 Å². The maximum Gasteiger partial charge on any atom is 0.344 e. The molecule has 0 aliphatic carbocycles. The largest absolute Gasteiger partial charge is 0.463 e. The number of carbonyl (C=O) groups is 2. The monoisotopic (exact) mass is 315 g/mol. The Bertz CT molecular complexity index is 473. The topological polar surface area (TPSA) is 78.6 Å². The lowest BCUT2D eigenvalue weighted by molar-refractivity contribution is -0.146. The van der Waals surface area contributed by atoms with Gasteiger partial charge >= 0.3 is 11.9 Å². The molecule has 0 amide bonds. The number of rotatable bonds is 4. The lowest BCUT2D eigenvalue weighted by Gasteiger charge is -2.09. The summed E-state index contributed by atoms with van der Waals surface area (Å²) < 4.78 is 10.2. The zero-order chi connectivity index (χ0) is 13.7. The fourth-order valence-corrected chi connectivity index (χ4v) is 1.79. The third-order valence-corrected chi connectivity index (χ3v) is 2.72. The van der Waals surface area contributed by atoms with Gasteiger partial charge in [-0.3, -0.25) is 0 Å². The van der Waals surface area contributed by atoms with Crippen molar-refractivity contribution in [2.24, 2.45) is 0 Å². The summed E-state index contributed by atoms with van der Waals surface area (Å²) in [6.45, 7) is 3.24. The van der Waals surface area contributed by atoms with Gasteiger partial charge in [0.1, 0.15) is 0 Å². The van der Waals surface area contributed by atoms with Crippen molar-refractivity contribution in [2.45, 2.75) is 13.8 Å². The molecule has 0 aromatic heterocycles. The SMILES string of the molecule is CCOC(=O)COC(=O)c1cc(Br)cc(N)c1C. The summed E-state index contributed by atoms with van der Waals surface area (Å²) in [4.78, 5) is 22.8. The zero-order valence-electron chi connectivity index (χ0n) is 10.2. The van der Waals surface area contributed by atoms with E-state index < -0.39 is 18.5 Å². The van der Waals surface area contributed by atoms with Crippen LogP contribution in [0.2, 0.25) is 0 Å². The van der Waals surface area contributed by atoms with Crippen LogP contribution in [0.4, 0.5) is 5.69 Å². The predicted molar refractivity (Wildman–Crippen MR) is 70.2 cm³/mol. The van der Waals surface area contributed by atoms with Crippen molar-refractivity contribution in [2.75, 3.05) is 18.9 Å². The Hall–Kier alpha value is -1.56. The summed E-state index contributed by atoms with van der Waals surface area (Å²) in [6, 6.07) is 3.29. The number of nitrogens with two attached hydrogens (primary N) is 1. The molecule has 1 aromatic rings. The average molecular weight is 316 g/mol. The fourth-order valence-electron chi connectivity index (χ4n) is 1.32. The van der Waals surface area contributed by atoms with Crippen molar-refractivity contribution < 1.29 is 19.1 Å². The first kappa shape index (κ1) is 14.5. The Morgan fingerprint density at radius 2 is 2.00 bits per heavy atom. The summed E-state index contributed by atoms with van der Waals surface area (Å²) >= 11 is 3.24. The Balaban J connectivity index is 2.76. The third-order valence-electron chi connectivity index (χ3n) is 2.26. The summed E-state index contributed by atoms with van der Waals surface area (Å²) in [5.41, 5.74) is 7.16. The second-order valence-electron chi connectivity index (χ2n) is 3.55. The Kier molecular flexibility index (Phi) is 5.15. The van der Waals surface area contributed by atoms with Gasteiger partial charge in [-0.1, -0.05) is 15.9 Å². The molecule has 98 valence electrons. The van der Waals surface area contributed by atoms with Crippen molar-refractivity contribution in [1.29, 1.82) is 0 Å². The van der Waals surface area contributed by atoms with E-state index in [1.165, 1.54) is 0 Å². The van der Waals surface area contributed by atoms with Crippen molar-refractivity contribution in [3.05, 3.63) is 27.7 Å². The molecule has 6 heteroatoms. The van der Waals surface area contributed by atoms with E-state index in [2.05, 4.69) is 20.7 Å². The first-order chi connectivity index (χ1) is 8.45. The highest BCUT2D eigenvalue weighted by molar-refractivity contribution is 9.10. The molecule has 0 saturated heterocycles. The molecular formula is C12H14BrNO4. The molecular weight excluding hydrogens is 302 g/mol. The highest BCUT2D eigenvalue weighted by atomic mass is 79.9. The van der Waals surface area contributed by atoms with Gasteiger partial charge in [-0.25, -0.2) is 9.59 Å². The van der Waals surface area contributed by atoms with Gasteiger partial charge in [0.2, 0.25) is 0 Å². The number of carbonyl (C=O) groups excluding carboxylic acids is 2. The van der Waals surface area contributed by atoms with Crippen LogP contribution >= 0.6 is 15.9 Å². The minimum atomic E-state index is -0.603. The number of esters is 2. The molecule has 1 rings (SSSR count). The fraction of sp³-hybridized carbons (Fsp3) is 0.333. The normalized spacial score (nSPS) is 9.94. The highest BCUT2D eigenvalue weighted by Gasteiger charge is 2.15. The predicted octanol–water partition coefficient (Wildman–Crippen LogP) is 2.06. The van der Waals surface area contributed by atoms with Gasteiger partial charge in [-0.05, 0) is 31.5 Å². The van der Waals surface area contributed by atoms with Crippen molar-refractivity contribution in [1.82, 2.24) is 0 Å². The minimum Gasteiger partial charge on any atom is -0.463 e. The van der Waals surface area contributed by atoms with E-state index in [9.17, 15) is 9.59 Å². The summed E-state index contributed by atoms with van der Waals surface area (Å²) in [5.74, 6) is -1.18. The first-order valence-electron chi connectivity index (χ1n) is 5.34. The number of nitrogen functional groups attached to an aromatic ring is 1. The summed E-state index contributed by atoms with van der Waals surface area (Å²) in [5, 5.41) is 0. The molecule has 18 heavy (non-hydrogen) atoms. The molecule has 0 atom stereocenters. The van der Waals surface area contributed by atoms with E-state index in [1.54, 1.807) is 26.0 Å².